The van der Waals surface area contributed by atoms with Gasteiger partial charge < -0.3 is 9.47 Å². The zero-order valence-corrected chi connectivity index (χ0v) is 21.3. The Morgan fingerprint density at radius 3 is 2.26 bits per heavy atom. The third-order valence-corrected chi connectivity index (χ3v) is 7.56. The SMILES string of the molecule is COc1ccc(C(=O)[C@H](C)OC(=O)c2cccc(N3C(=O)[C@H]4C[C@H](c5ccccc5)CC[C@H]4C3=O)c2)cc1. The molecule has 1 heterocycles. The molecule has 4 atom stereocenters. The van der Waals surface area contributed by atoms with E-state index in [1.54, 1.807) is 42.5 Å². The van der Waals surface area contributed by atoms with Gasteiger partial charge in [0.15, 0.2) is 6.10 Å². The van der Waals surface area contributed by atoms with Gasteiger partial charge in [-0.15, -0.1) is 0 Å². The molecule has 1 aliphatic carbocycles. The fourth-order valence-corrected chi connectivity index (χ4v) is 5.51. The number of rotatable bonds is 7. The molecule has 7 nitrogen and oxygen atoms in total. The van der Waals surface area contributed by atoms with E-state index in [9.17, 15) is 19.2 Å². The number of hydrogen-bond donors (Lipinski definition) is 0. The van der Waals surface area contributed by atoms with Crippen molar-refractivity contribution in [2.75, 3.05) is 12.0 Å². The lowest BCUT2D eigenvalue weighted by atomic mass is 9.73. The first-order chi connectivity index (χ1) is 18.4. The van der Waals surface area contributed by atoms with Crippen LogP contribution >= 0.6 is 0 Å². The molecule has 0 N–H and O–H groups in total. The lowest BCUT2D eigenvalue weighted by Crippen LogP contribution is -2.31. The Hall–Kier alpha value is -4.26. The molecule has 38 heavy (non-hydrogen) atoms. The Kier molecular flexibility index (Phi) is 7.09. The average molecular weight is 512 g/mol. The van der Waals surface area contributed by atoms with Gasteiger partial charge in [-0.25, -0.2) is 4.79 Å². The first-order valence-electron chi connectivity index (χ1n) is 12.8. The van der Waals surface area contributed by atoms with E-state index in [-0.39, 0.29) is 40.9 Å². The molecule has 2 aliphatic rings. The van der Waals surface area contributed by atoms with Crippen LogP contribution in [0.15, 0.2) is 78.9 Å². The number of ketones is 1. The molecule has 7 heteroatoms. The number of fused-ring (bicyclic) bond motifs is 1. The zero-order valence-electron chi connectivity index (χ0n) is 21.3. The normalized spacial score (nSPS) is 21.5. The molecule has 3 aromatic rings. The van der Waals surface area contributed by atoms with Crippen molar-refractivity contribution in [3.63, 3.8) is 0 Å². The van der Waals surface area contributed by atoms with E-state index in [1.807, 2.05) is 18.2 Å². The van der Waals surface area contributed by atoms with E-state index in [4.69, 9.17) is 9.47 Å². The van der Waals surface area contributed by atoms with Gasteiger partial charge in [0, 0.05) is 5.56 Å². The molecule has 5 rings (SSSR count). The van der Waals surface area contributed by atoms with Gasteiger partial charge in [-0.1, -0.05) is 36.4 Å². The van der Waals surface area contributed by atoms with Gasteiger partial charge in [-0.3, -0.25) is 19.3 Å². The first kappa shape index (κ1) is 25.4. The van der Waals surface area contributed by atoms with Gasteiger partial charge in [0.05, 0.1) is 30.2 Å². The summed E-state index contributed by atoms with van der Waals surface area (Å²) in [4.78, 5) is 53.5. The van der Waals surface area contributed by atoms with E-state index >= 15 is 0 Å². The summed E-state index contributed by atoms with van der Waals surface area (Å²) in [5, 5.41) is 0. The van der Waals surface area contributed by atoms with Crippen molar-refractivity contribution in [3.05, 3.63) is 95.6 Å². The molecule has 0 aromatic heterocycles. The van der Waals surface area contributed by atoms with Crippen LogP contribution in [0.1, 0.15) is 58.4 Å². The number of imide groups is 1. The third kappa shape index (κ3) is 4.84. The molecular formula is C31H29NO6. The predicted molar refractivity (Wildman–Crippen MR) is 141 cm³/mol. The summed E-state index contributed by atoms with van der Waals surface area (Å²) in [5.74, 6) is -1.38. The van der Waals surface area contributed by atoms with Crippen molar-refractivity contribution in [1.82, 2.24) is 0 Å². The number of nitrogens with zero attached hydrogens (tertiary/aromatic N) is 1. The minimum Gasteiger partial charge on any atom is -0.497 e. The fourth-order valence-electron chi connectivity index (χ4n) is 5.51. The molecule has 1 saturated heterocycles. The smallest absolute Gasteiger partial charge is 0.338 e. The minimum atomic E-state index is -1.02. The van der Waals surface area contributed by atoms with E-state index in [2.05, 4.69) is 12.1 Å². The number of benzene rings is 3. The van der Waals surface area contributed by atoms with Crippen molar-refractivity contribution in [2.24, 2.45) is 11.8 Å². The van der Waals surface area contributed by atoms with Crippen LogP contribution in [0.25, 0.3) is 0 Å². The van der Waals surface area contributed by atoms with Crippen molar-refractivity contribution in [2.45, 2.75) is 38.2 Å². The third-order valence-electron chi connectivity index (χ3n) is 7.56. The molecule has 194 valence electrons. The van der Waals surface area contributed by atoms with Gasteiger partial charge in [0.2, 0.25) is 17.6 Å². The number of ether oxygens (including phenoxy) is 2. The number of amides is 2. The molecule has 1 saturated carbocycles. The van der Waals surface area contributed by atoms with Crippen molar-refractivity contribution < 1.29 is 28.7 Å². The summed E-state index contributed by atoms with van der Waals surface area (Å²) in [7, 11) is 1.54. The van der Waals surface area contributed by atoms with E-state index in [0.29, 0.717) is 29.8 Å². The number of carbonyl (C=O) groups is 4. The Morgan fingerprint density at radius 2 is 1.55 bits per heavy atom. The lowest BCUT2D eigenvalue weighted by molar-refractivity contribution is -0.122. The van der Waals surface area contributed by atoms with Gasteiger partial charge in [0.25, 0.3) is 0 Å². The molecule has 2 amide bonds. The molecule has 0 radical (unpaired) electrons. The summed E-state index contributed by atoms with van der Waals surface area (Å²) < 4.78 is 10.5. The summed E-state index contributed by atoms with van der Waals surface area (Å²) in [6, 6.07) is 22.9. The average Bonchev–Trinajstić information content (AvgIpc) is 3.21. The second-order valence-corrected chi connectivity index (χ2v) is 9.84. The molecule has 0 unspecified atom stereocenters. The van der Waals surface area contributed by atoms with E-state index < -0.39 is 12.1 Å². The van der Waals surface area contributed by atoms with Crippen LogP contribution in [0.2, 0.25) is 0 Å². The van der Waals surface area contributed by atoms with Crippen LogP contribution in [0.5, 0.6) is 5.75 Å². The number of methoxy groups -OCH3 is 1. The molecule has 1 aliphatic heterocycles. The molecule has 2 fully saturated rings. The largest absolute Gasteiger partial charge is 0.497 e. The van der Waals surface area contributed by atoms with E-state index in [1.165, 1.54) is 30.6 Å². The quantitative estimate of drug-likeness (QED) is 0.246. The second-order valence-electron chi connectivity index (χ2n) is 9.84. The van der Waals surface area contributed by atoms with Crippen LogP contribution in [0, 0.1) is 11.8 Å². The lowest BCUT2D eigenvalue weighted by Gasteiger charge is -2.28. The maximum Gasteiger partial charge on any atom is 0.338 e. The van der Waals surface area contributed by atoms with Crippen molar-refractivity contribution in [3.8, 4) is 5.75 Å². The minimum absolute atomic E-state index is 0.162. The highest BCUT2D eigenvalue weighted by molar-refractivity contribution is 6.22. The standard InChI is InChI=1S/C31H29NO6/c1-19(28(33)21-11-14-25(37-2)15-12-21)38-31(36)23-9-6-10-24(17-23)32-29(34)26-16-13-22(18-27(26)30(32)35)20-7-4-3-5-8-20/h3-12,14-15,17,19,22,26-27H,13,16,18H2,1-2H3/t19-,22+,26+,27-/m0/s1. The maximum atomic E-state index is 13.4. The summed E-state index contributed by atoms with van der Waals surface area (Å²) in [6.07, 6.45) is 1.11. The number of esters is 1. The number of hydrogen-bond acceptors (Lipinski definition) is 6. The van der Waals surface area contributed by atoms with Gasteiger partial charge in [0.1, 0.15) is 5.75 Å². The summed E-state index contributed by atoms with van der Waals surface area (Å²) in [6.45, 7) is 1.51. The summed E-state index contributed by atoms with van der Waals surface area (Å²) in [5.41, 5.74) is 2.08. The van der Waals surface area contributed by atoms with Crippen LogP contribution < -0.4 is 9.64 Å². The van der Waals surface area contributed by atoms with Crippen molar-refractivity contribution >= 4 is 29.3 Å². The van der Waals surface area contributed by atoms with Crippen molar-refractivity contribution in [1.29, 1.82) is 0 Å². The number of anilines is 1. The molecule has 0 spiro atoms. The van der Waals surface area contributed by atoms with Crippen LogP contribution in [-0.4, -0.2) is 36.8 Å². The fraction of sp³-hybridized carbons (Fsp3) is 0.290. The predicted octanol–water partition coefficient (Wildman–Crippen LogP) is 5.20. The topological polar surface area (TPSA) is 90.0 Å². The number of carbonyl (C=O) groups excluding carboxylic acids is 4. The molecule has 3 aromatic carbocycles. The highest BCUT2D eigenvalue weighted by atomic mass is 16.5. The first-order valence-corrected chi connectivity index (χ1v) is 12.8. The second kappa shape index (κ2) is 10.6. The highest BCUT2D eigenvalue weighted by Gasteiger charge is 2.50. The van der Waals surface area contributed by atoms with Gasteiger partial charge >= 0.3 is 5.97 Å². The van der Waals surface area contributed by atoms with Crippen LogP contribution in [0.4, 0.5) is 5.69 Å². The Labute approximate surface area is 221 Å². The highest BCUT2D eigenvalue weighted by Crippen LogP contribution is 2.45. The monoisotopic (exact) mass is 511 g/mol. The van der Waals surface area contributed by atoms with E-state index in [0.717, 1.165) is 6.42 Å². The van der Waals surface area contributed by atoms with Crippen LogP contribution in [0.3, 0.4) is 0 Å². The Bertz CT molecular complexity index is 1370. The maximum absolute atomic E-state index is 13.4. The van der Waals surface area contributed by atoms with Crippen LogP contribution in [-0.2, 0) is 14.3 Å². The Morgan fingerprint density at radius 1 is 0.842 bits per heavy atom. The molecular weight excluding hydrogens is 482 g/mol. The summed E-state index contributed by atoms with van der Waals surface area (Å²) >= 11 is 0. The number of Topliss-reactive ketones (excluding diaryl/α,β-unsaturated/α-hetero) is 1. The Balaban J connectivity index is 1.29. The zero-order chi connectivity index (χ0) is 26.8. The van der Waals surface area contributed by atoms with Gasteiger partial charge in [-0.2, -0.15) is 0 Å². The molecule has 0 bridgehead atoms. The van der Waals surface area contributed by atoms with Gasteiger partial charge in [-0.05, 0) is 80.1 Å².